The summed E-state index contributed by atoms with van der Waals surface area (Å²) in [5.41, 5.74) is 1.14. The van der Waals surface area contributed by atoms with E-state index in [1.165, 1.54) is 18.2 Å². The van der Waals surface area contributed by atoms with Gasteiger partial charge in [-0.15, -0.1) is 0 Å². The molecule has 6 nitrogen and oxygen atoms in total. The van der Waals surface area contributed by atoms with Crippen molar-refractivity contribution in [2.75, 3.05) is 31.5 Å². The Labute approximate surface area is 203 Å². The van der Waals surface area contributed by atoms with Gasteiger partial charge in [0.15, 0.2) is 0 Å². The number of anilines is 1. The van der Waals surface area contributed by atoms with E-state index in [0.717, 1.165) is 43.4 Å². The number of halogens is 2. The molecule has 1 aliphatic heterocycles. The molecule has 1 aromatic heterocycles. The first-order valence-electron chi connectivity index (χ1n) is 11.7. The van der Waals surface area contributed by atoms with Crippen LogP contribution in [0.15, 0.2) is 53.5 Å². The van der Waals surface area contributed by atoms with E-state index in [1.54, 1.807) is 12.3 Å². The molecule has 0 saturated carbocycles. The van der Waals surface area contributed by atoms with Gasteiger partial charge < -0.3 is 20.1 Å². The molecule has 2 aromatic carbocycles. The molecule has 1 saturated heterocycles. The van der Waals surface area contributed by atoms with E-state index in [1.807, 2.05) is 30.0 Å². The lowest BCUT2D eigenvalue weighted by atomic mass is 9.94. The summed E-state index contributed by atoms with van der Waals surface area (Å²) in [4.78, 5) is 32.9. The van der Waals surface area contributed by atoms with Crippen LogP contribution in [0.2, 0.25) is 5.02 Å². The van der Waals surface area contributed by atoms with Crippen molar-refractivity contribution in [1.29, 1.82) is 0 Å². The first-order chi connectivity index (χ1) is 16.4. The van der Waals surface area contributed by atoms with Crippen LogP contribution in [0, 0.1) is 11.7 Å². The van der Waals surface area contributed by atoms with Gasteiger partial charge >= 0.3 is 6.03 Å². The molecule has 2 heterocycles. The molecule has 0 unspecified atom stereocenters. The molecular formula is C26H30ClFN4O2. The third-order valence-corrected chi connectivity index (χ3v) is 7.09. The van der Waals surface area contributed by atoms with Crippen LogP contribution in [0.1, 0.15) is 38.3 Å². The number of aromatic nitrogens is 1. The summed E-state index contributed by atoms with van der Waals surface area (Å²) in [5.74, 6) is -0.172. The normalized spacial score (nSPS) is 15.9. The molecule has 0 spiro atoms. The molecule has 1 aliphatic rings. The van der Waals surface area contributed by atoms with Gasteiger partial charge in [-0.25, -0.2) is 9.18 Å². The largest absolute Gasteiger partial charge is 0.328 e. The van der Waals surface area contributed by atoms with E-state index in [9.17, 15) is 14.0 Å². The fraction of sp³-hybridized carbons (Fsp3) is 0.385. The highest BCUT2D eigenvalue weighted by Gasteiger charge is 2.28. The fourth-order valence-corrected chi connectivity index (χ4v) is 4.88. The molecule has 1 fully saturated rings. The summed E-state index contributed by atoms with van der Waals surface area (Å²) < 4.78 is 13.6. The van der Waals surface area contributed by atoms with Crippen LogP contribution in [-0.4, -0.2) is 47.0 Å². The summed E-state index contributed by atoms with van der Waals surface area (Å²) in [5, 5.41) is 4.25. The second kappa shape index (κ2) is 10.6. The van der Waals surface area contributed by atoms with Crippen molar-refractivity contribution >= 4 is 34.1 Å². The number of carbonyl (C=O) groups is 1. The number of nitrogens with one attached hydrogen (secondary N) is 2. The zero-order chi connectivity index (χ0) is 24.2. The van der Waals surface area contributed by atoms with Crippen molar-refractivity contribution in [3.8, 4) is 0 Å². The monoisotopic (exact) mass is 484 g/mol. The van der Waals surface area contributed by atoms with Crippen LogP contribution >= 0.6 is 11.6 Å². The molecule has 2 amide bonds. The molecule has 8 heteroatoms. The maximum Gasteiger partial charge on any atom is 0.322 e. The van der Waals surface area contributed by atoms with Crippen LogP contribution in [0.4, 0.5) is 14.9 Å². The number of piperidine rings is 1. The second-order valence-electron chi connectivity index (χ2n) is 8.88. The number of likely N-dealkylation sites (tertiary alicyclic amines) is 1. The van der Waals surface area contributed by atoms with E-state index < -0.39 is 5.82 Å². The number of rotatable bonds is 6. The second-order valence-corrected chi connectivity index (χ2v) is 9.29. The summed E-state index contributed by atoms with van der Waals surface area (Å²) in [6, 6.07) is 11.0. The first-order valence-corrected chi connectivity index (χ1v) is 12.1. The lowest BCUT2D eigenvalue weighted by Gasteiger charge is -2.37. The highest BCUT2D eigenvalue weighted by atomic mass is 35.5. The van der Waals surface area contributed by atoms with Gasteiger partial charge in [0, 0.05) is 23.8 Å². The number of benzene rings is 2. The Bertz CT molecular complexity index is 1220. The third-order valence-electron chi connectivity index (χ3n) is 6.80. The zero-order valence-electron chi connectivity index (χ0n) is 19.5. The molecule has 4 rings (SSSR count). The Morgan fingerprint density at radius 3 is 2.62 bits per heavy atom. The van der Waals surface area contributed by atoms with E-state index >= 15 is 0 Å². The van der Waals surface area contributed by atoms with Gasteiger partial charge in [0.05, 0.1) is 11.1 Å². The number of hydrogen-bond acceptors (Lipinski definition) is 3. The van der Waals surface area contributed by atoms with Crippen molar-refractivity contribution in [3.05, 3.63) is 75.4 Å². The van der Waals surface area contributed by atoms with Crippen molar-refractivity contribution in [3.63, 3.8) is 0 Å². The zero-order valence-corrected chi connectivity index (χ0v) is 20.2. The average Bonchev–Trinajstić information content (AvgIpc) is 2.85. The van der Waals surface area contributed by atoms with Gasteiger partial charge in [0.25, 0.3) is 5.56 Å². The smallest absolute Gasteiger partial charge is 0.322 e. The van der Waals surface area contributed by atoms with Gasteiger partial charge in [0.2, 0.25) is 0 Å². The predicted molar refractivity (Wildman–Crippen MR) is 135 cm³/mol. The van der Waals surface area contributed by atoms with E-state index in [-0.39, 0.29) is 22.7 Å². The molecule has 0 aliphatic carbocycles. The van der Waals surface area contributed by atoms with Gasteiger partial charge in [-0.2, -0.15) is 0 Å². The Morgan fingerprint density at radius 1 is 1.24 bits per heavy atom. The molecule has 1 atom stereocenters. The van der Waals surface area contributed by atoms with Crippen LogP contribution in [0.5, 0.6) is 0 Å². The number of hydrogen-bond donors (Lipinski definition) is 2. The SMILES string of the molecule is CCN1CCC(CN(C(=O)Nc2ccc(F)c(Cl)c2)[C@H](C)c2c[nH]c(=O)c3ccccc23)CC1. The average molecular weight is 485 g/mol. The fourth-order valence-electron chi connectivity index (χ4n) is 4.69. The topological polar surface area (TPSA) is 68.4 Å². The Morgan fingerprint density at radius 2 is 1.94 bits per heavy atom. The molecule has 2 N–H and O–H groups in total. The minimum Gasteiger partial charge on any atom is -0.328 e. The van der Waals surface area contributed by atoms with Crippen molar-refractivity contribution in [2.45, 2.75) is 32.7 Å². The molecular weight excluding hydrogens is 455 g/mol. The molecule has 0 radical (unpaired) electrons. The van der Waals surface area contributed by atoms with Crippen LogP contribution < -0.4 is 10.9 Å². The summed E-state index contributed by atoms with van der Waals surface area (Å²) >= 11 is 5.92. The maximum atomic E-state index is 13.6. The number of carbonyl (C=O) groups excluding carboxylic acids is 1. The highest BCUT2D eigenvalue weighted by Crippen LogP contribution is 2.30. The standard InChI is InChI=1S/C26H30ClFN4O2/c1-3-31-12-10-18(11-13-31)16-32(26(34)30-19-8-9-24(28)23(27)14-19)17(2)22-15-29-25(33)21-7-5-4-6-20(21)22/h4-9,14-15,17-18H,3,10-13,16H2,1-2H3,(H,29,33)(H,30,34)/t17-/m1/s1. The minimum absolute atomic E-state index is 0.0454. The van der Waals surface area contributed by atoms with Crippen LogP contribution in [-0.2, 0) is 0 Å². The van der Waals surface area contributed by atoms with Crippen molar-refractivity contribution in [2.24, 2.45) is 5.92 Å². The number of amides is 2. The number of H-pyrrole nitrogens is 1. The van der Waals surface area contributed by atoms with Crippen molar-refractivity contribution in [1.82, 2.24) is 14.8 Å². The number of nitrogens with zero attached hydrogens (tertiary/aromatic N) is 2. The number of fused-ring (bicyclic) bond motifs is 1. The Hall–Kier alpha value is -2.90. The van der Waals surface area contributed by atoms with E-state index in [0.29, 0.717) is 23.5 Å². The molecule has 3 aromatic rings. The van der Waals surface area contributed by atoms with Gasteiger partial charge in [-0.1, -0.05) is 36.7 Å². The number of urea groups is 1. The third kappa shape index (κ3) is 5.26. The van der Waals surface area contributed by atoms with Crippen molar-refractivity contribution < 1.29 is 9.18 Å². The summed E-state index contributed by atoms with van der Waals surface area (Å²) in [7, 11) is 0. The summed E-state index contributed by atoms with van der Waals surface area (Å²) in [6.07, 6.45) is 3.72. The van der Waals surface area contributed by atoms with Gasteiger partial charge in [-0.05, 0) is 80.5 Å². The molecule has 180 valence electrons. The summed E-state index contributed by atoms with van der Waals surface area (Å²) in [6.45, 7) is 7.77. The van der Waals surface area contributed by atoms with Gasteiger partial charge in [-0.3, -0.25) is 4.79 Å². The minimum atomic E-state index is -0.535. The number of aromatic amines is 1. The Kier molecular flexibility index (Phi) is 7.54. The lowest BCUT2D eigenvalue weighted by Crippen LogP contribution is -2.43. The quantitative estimate of drug-likeness (QED) is 0.475. The molecule has 34 heavy (non-hydrogen) atoms. The van der Waals surface area contributed by atoms with E-state index in [4.69, 9.17) is 11.6 Å². The highest BCUT2D eigenvalue weighted by molar-refractivity contribution is 6.31. The van der Waals surface area contributed by atoms with E-state index in [2.05, 4.69) is 22.1 Å². The Balaban J connectivity index is 1.64. The van der Waals surface area contributed by atoms with Gasteiger partial charge in [0.1, 0.15) is 5.82 Å². The lowest BCUT2D eigenvalue weighted by molar-refractivity contribution is 0.139. The first kappa shape index (κ1) is 24.2. The predicted octanol–water partition coefficient (Wildman–Crippen LogP) is 5.65. The maximum absolute atomic E-state index is 13.6. The molecule has 0 bridgehead atoms. The van der Waals surface area contributed by atoms with Crippen LogP contribution in [0.25, 0.3) is 10.8 Å². The number of pyridine rings is 1. The van der Waals surface area contributed by atoms with Crippen LogP contribution in [0.3, 0.4) is 0 Å².